The average molecular weight is 492 g/mol. The molecule has 0 saturated heterocycles. The van der Waals surface area contributed by atoms with Crippen LogP contribution in [0.3, 0.4) is 0 Å². The molecule has 10 heteroatoms. The Morgan fingerprint density at radius 2 is 1.88 bits per heavy atom. The van der Waals surface area contributed by atoms with E-state index in [0.717, 1.165) is 12.8 Å². The van der Waals surface area contributed by atoms with Crippen LogP contribution in [0.1, 0.15) is 71.4 Å². The highest BCUT2D eigenvalue weighted by molar-refractivity contribution is 7.90. The van der Waals surface area contributed by atoms with Crippen LogP contribution in [0.15, 0.2) is 18.2 Å². The van der Waals surface area contributed by atoms with Crippen molar-refractivity contribution in [2.75, 3.05) is 6.61 Å². The smallest absolute Gasteiger partial charge is 0.573 e. The van der Waals surface area contributed by atoms with Crippen molar-refractivity contribution in [3.05, 3.63) is 23.8 Å². The summed E-state index contributed by atoms with van der Waals surface area (Å²) in [5.41, 5.74) is 0.651. The van der Waals surface area contributed by atoms with Crippen LogP contribution in [0.25, 0.3) is 0 Å². The summed E-state index contributed by atoms with van der Waals surface area (Å²) < 4.78 is 69.0. The third-order valence-electron chi connectivity index (χ3n) is 6.06. The number of ether oxygens (including phenoxy) is 3. The summed E-state index contributed by atoms with van der Waals surface area (Å²) in [6.07, 6.45) is -1.70. The fourth-order valence-electron chi connectivity index (χ4n) is 4.37. The van der Waals surface area contributed by atoms with E-state index in [-0.39, 0.29) is 35.7 Å². The third-order valence-corrected chi connectivity index (χ3v) is 7.67. The number of hydrogen-bond acceptors (Lipinski definition) is 6. The lowest BCUT2D eigenvalue weighted by Gasteiger charge is -2.39. The van der Waals surface area contributed by atoms with Crippen molar-refractivity contribution in [1.29, 1.82) is 0 Å². The highest BCUT2D eigenvalue weighted by atomic mass is 32.2. The highest BCUT2D eigenvalue weighted by Gasteiger charge is 2.40. The summed E-state index contributed by atoms with van der Waals surface area (Å²) in [7, 11) is 0. The SMILES string of the molecule is CCOC(=O)[C@H]1CC[C@@H]([C@H]2C[C@@H](N[S@@+]([O-])C(C)(C)C)c3ccc(OC(F)(F)F)cc3O2)CC1. The van der Waals surface area contributed by atoms with Gasteiger partial charge in [-0.1, -0.05) is 0 Å². The number of halogens is 3. The van der Waals surface area contributed by atoms with Crippen molar-refractivity contribution in [2.45, 2.75) is 83.1 Å². The molecular weight excluding hydrogens is 459 g/mol. The first-order chi connectivity index (χ1) is 15.4. The van der Waals surface area contributed by atoms with E-state index in [2.05, 4.69) is 9.46 Å². The predicted octanol–water partition coefficient (Wildman–Crippen LogP) is 5.20. The van der Waals surface area contributed by atoms with Gasteiger partial charge in [-0.05, 0) is 71.4 Å². The lowest BCUT2D eigenvalue weighted by molar-refractivity contribution is -0.274. The second-order valence-corrected chi connectivity index (χ2v) is 11.6. The van der Waals surface area contributed by atoms with Crippen LogP contribution < -0.4 is 14.2 Å². The van der Waals surface area contributed by atoms with Crippen molar-refractivity contribution in [3.63, 3.8) is 0 Å². The number of nitrogens with one attached hydrogen (secondary N) is 1. The number of hydrogen-bond donors (Lipinski definition) is 1. The Labute approximate surface area is 195 Å². The van der Waals surface area contributed by atoms with Crippen LogP contribution in [0.5, 0.6) is 11.5 Å². The second kappa shape index (κ2) is 10.3. The van der Waals surface area contributed by atoms with Gasteiger partial charge in [-0.3, -0.25) is 4.79 Å². The monoisotopic (exact) mass is 491 g/mol. The fraction of sp³-hybridized carbons (Fsp3) is 0.696. The minimum Gasteiger partial charge on any atom is -0.598 e. The molecule has 0 bridgehead atoms. The Morgan fingerprint density at radius 1 is 1.21 bits per heavy atom. The molecule has 0 radical (unpaired) electrons. The first kappa shape index (κ1) is 26.0. The van der Waals surface area contributed by atoms with Crippen LogP contribution in [-0.2, 0) is 20.9 Å². The lowest BCUT2D eigenvalue weighted by atomic mass is 9.77. The molecule has 186 valence electrons. The molecule has 1 fully saturated rings. The Morgan fingerprint density at radius 3 is 2.45 bits per heavy atom. The molecule has 1 aromatic carbocycles. The highest BCUT2D eigenvalue weighted by Crippen LogP contribution is 2.44. The van der Waals surface area contributed by atoms with E-state index in [1.54, 1.807) is 6.92 Å². The van der Waals surface area contributed by atoms with Gasteiger partial charge in [0, 0.05) is 29.4 Å². The van der Waals surface area contributed by atoms with E-state index in [1.807, 2.05) is 20.8 Å². The number of benzene rings is 1. The summed E-state index contributed by atoms with van der Waals surface area (Å²) in [5.74, 6) is -0.248. The van der Waals surface area contributed by atoms with Crippen molar-refractivity contribution in [2.24, 2.45) is 11.8 Å². The van der Waals surface area contributed by atoms with Crippen LogP contribution in [0.4, 0.5) is 13.2 Å². The summed E-state index contributed by atoms with van der Waals surface area (Å²) in [6, 6.07) is 3.67. The summed E-state index contributed by atoms with van der Waals surface area (Å²) in [5, 5.41) is 0. The van der Waals surface area contributed by atoms with Crippen molar-refractivity contribution in [1.82, 2.24) is 4.72 Å². The molecule has 0 aromatic heterocycles. The topological polar surface area (TPSA) is 79.9 Å². The summed E-state index contributed by atoms with van der Waals surface area (Å²) in [4.78, 5) is 12.1. The number of fused-ring (bicyclic) bond motifs is 1. The van der Waals surface area contributed by atoms with Crippen molar-refractivity contribution in [3.8, 4) is 11.5 Å². The molecule has 1 aliphatic carbocycles. The first-order valence-corrected chi connectivity index (χ1v) is 12.4. The van der Waals surface area contributed by atoms with Crippen LogP contribution in [-0.4, -0.2) is 34.3 Å². The minimum absolute atomic E-state index is 0.128. The molecule has 1 heterocycles. The molecule has 33 heavy (non-hydrogen) atoms. The molecule has 0 unspecified atom stereocenters. The van der Waals surface area contributed by atoms with Gasteiger partial charge in [0.25, 0.3) is 0 Å². The number of esters is 1. The quantitative estimate of drug-likeness (QED) is 0.435. The largest absolute Gasteiger partial charge is 0.598 e. The predicted molar refractivity (Wildman–Crippen MR) is 118 cm³/mol. The van der Waals surface area contributed by atoms with Gasteiger partial charge < -0.3 is 18.8 Å². The fourth-order valence-corrected chi connectivity index (χ4v) is 5.20. The molecule has 3 rings (SSSR count). The van der Waals surface area contributed by atoms with Gasteiger partial charge in [0.05, 0.1) is 18.6 Å². The Hall–Kier alpha value is -1.65. The summed E-state index contributed by atoms with van der Waals surface area (Å²) in [6.45, 7) is 7.68. The number of rotatable bonds is 6. The molecule has 1 N–H and O–H groups in total. The lowest BCUT2D eigenvalue weighted by Crippen LogP contribution is -2.45. The van der Waals surface area contributed by atoms with Crippen LogP contribution >= 0.6 is 0 Å². The van der Waals surface area contributed by atoms with Gasteiger partial charge in [-0.25, -0.2) is 0 Å². The molecule has 2 aliphatic rings. The van der Waals surface area contributed by atoms with Crippen molar-refractivity contribution < 1.29 is 36.7 Å². The van der Waals surface area contributed by atoms with Gasteiger partial charge in [0.1, 0.15) is 22.4 Å². The zero-order chi connectivity index (χ0) is 24.4. The van der Waals surface area contributed by atoms with Gasteiger partial charge in [0.2, 0.25) is 0 Å². The summed E-state index contributed by atoms with van der Waals surface area (Å²) >= 11 is -1.38. The van der Waals surface area contributed by atoms with Gasteiger partial charge in [-0.2, -0.15) is 0 Å². The second-order valence-electron chi connectivity index (χ2n) is 9.55. The molecule has 1 aromatic rings. The van der Waals surface area contributed by atoms with Crippen LogP contribution in [0.2, 0.25) is 0 Å². The van der Waals surface area contributed by atoms with E-state index >= 15 is 0 Å². The maximum atomic E-state index is 12.8. The Bertz CT molecular complexity index is 821. The van der Waals surface area contributed by atoms with E-state index in [1.165, 1.54) is 18.2 Å². The molecule has 6 nitrogen and oxygen atoms in total. The van der Waals surface area contributed by atoms with E-state index in [9.17, 15) is 22.5 Å². The normalized spacial score (nSPS) is 26.7. The van der Waals surface area contributed by atoms with E-state index < -0.39 is 22.5 Å². The standard InChI is InChI=1S/C23H32F3NO5S/c1-5-30-21(28)15-8-6-14(7-9-15)19-13-18(27-33(29)22(2,3)4)17-11-10-16(12-20(17)31-19)32-23(24,25)26/h10-12,14-15,18-19,27H,5-9,13H2,1-4H3/t14-,15+,18-,19-,33+/m1/s1. The molecule has 1 aliphatic heterocycles. The third kappa shape index (κ3) is 6.93. The minimum atomic E-state index is -4.81. The molecule has 0 amide bonds. The zero-order valence-corrected chi connectivity index (χ0v) is 20.2. The Kier molecular flexibility index (Phi) is 8.11. The Balaban J connectivity index is 1.79. The molecule has 0 spiro atoms. The maximum Gasteiger partial charge on any atom is 0.573 e. The van der Waals surface area contributed by atoms with E-state index in [4.69, 9.17) is 9.47 Å². The molecule has 1 saturated carbocycles. The maximum absolute atomic E-state index is 12.8. The van der Waals surface area contributed by atoms with Gasteiger partial charge in [-0.15, -0.1) is 17.9 Å². The first-order valence-electron chi connectivity index (χ1n) is 11.3. The van der Waals surface area contributed by atoms with Crippen LogP contribution in [0, 0.1) is 11.8 Å². The number of carbonyl (C=O) groups excluding carboxylic acids is 1. The van der Waals surface area contributed by atoms with Crippen molar-refractivity contribution >= 4 is 17.3 Å². The average Bonchev–Trinajstić information content (AvgIpc) is 2.71. The molecular formula is C23H32F3NO5S. The van der Waals surface area contributed by atoms with Gasteiger partial charge >= 0.3 is 12.3 Å². The number of carbonyl (C=O) groups is 1. The van der Waals surface area contributed by atoms with E-state index in [0.29, 0.717) is 37.2 Å². The zero-order valence-electron chi connectivity index (χ0n) is 19.4. The van der Waals surface area contributed by atoms with Gasteiger partial charge in [0.15, 0.2) is 0 Å². The molecule has 3 atom stereocenters. The number of alkyl halides is 3.